The van der Waals surface area contributed by atoms with E-state index >= 15 is 0 Å². The van der Waals surface area contributed by atoms with E-state index in [1.165, 1.54) is 0 Å². The first-order chi connectivity index (χ1) is 7.56. The van der Waals surface area contributed by atoms with Gasteiger partial charge in [-0.1, -0.05) is 23.2 Å². The fraction of sp³-hybridized carbons (Fsp3) is 0.300. The molecule has 2 rings (SSSR count). The zero-order valence-corrected chi connectivity index (χ0v) is 10.4. The summed E-state index contributed by atoms with van der Waals surface area (Å²) in [5.74, 6) is 0.526. The van der Waals surface area contributed by atoms with Gasteiger partial charge < -0.3 is 0 Å². The van der Waals surface area contributed by atoms with Crippen LogP contribution in [0.1, 0.15) is 19.9 Å². The highest BCUT2D eigenvalue weighted by Gasteiger charge is 2.09. The lowest BCUT2D eigenvalue weighted by atomic mass is 10.2. The Bertz CT molecular complexity index is 487. The zero-order chi connectivity index (χ0) is 11.7. The second kappa shape index (κ2) is 4.39. The molecule has 0 unspecified atom stereocenters. The van der Waals surface area contributed by atoms with E-state index in [4.69, 9.17) is 23.2 Å². The lowest BCUT2D eigenvalue weighted by Gasteiger charge is -2.00. The first kappa shape index (κ1) is 11.4. The molecular weight excluding hydrogens is 247 g/mol. The van der Waals surface area contributed by atoms with E-state index in [-0.39, 0.29) is 6.04 Å². The van der Waals surface area contributed by atoms with Crippen LogP contribution in [0.25, 0.3) is 11.4 Å². The van der Waals surface area contributed by atoms with E-state index in [0.717, 1.165) is 5.56 Å². The van der Waals surface area contributed by atoms with Crippen LogP contribution in [-0.4, -0.2) is 20.2 Å². The number of halogens is 2. The fourth-order valence-corrected chi connectivity index (χ4v) is 1.77. The van der Waals surface area contributed by atoms with Crippen molar-refractivity contribution in [1.29, 1.82) is 0 Å². The highest BCUT2D eigenvalue weighted by Crippen LogP contribution is 2.24. The first-order valence-corrected chi connectivity index (χ1v) is 5.58. The average molecular weight is 257 g/mol. The third kappa shape index (κ3) is 2.33. The molecule has 0 saturated carbocycles. The molecule has 0 aliphatic carbocycles. The van der Waals surface area contributed by atoms with Gasteiger partial charge in [-0.3, -0.25) is 0 Å². The molecule has 0 aliphatic rings. The molecule has 4 nitrogen and oxygen atoms in total. The molecule has 84 valence electrons. The molecule has 0 bridgehead atoms. The van der Waals surface area contributed by atoms with Crippen molar-refractivity contribution >= 4 is 23.2 Å². The van der Waals surface area contributed by atoms with Crippen LogP contribution in [0.5, 0.6) is 0 Å². The molecule has 0 saturated heterocycles. The largest absolute Gasteiger partial charge is 0.205 e. The Balaban J connectivity index is 2.42. The lowest BCUT2D eigenvalue weighted by molar-refractivity contribution is 0.455. The van der Waals surface area contributed by atoms with Crippen LogP contribution in [0.15, 0.2) is 18.2 Å². The Morgan fingerprint density at radius 3 is 2.25 bits per heavy atom. The lowest BCUT2D eigenvalue weighted by Crippen LogP contribution is -2.04. The monoisotopic (exact) mass is 256 g/mol. The second-order valence-corrected chi connectivity index (χ2v) is 4.56. The van der Waals surface area contributed by atoms with Crippen molar-refractivity contribution in [3.8, 4) is 11.4 Å². The Kier molecular flexibility index (Phi) is 3.12. The number of hydrogen-bond acceptors (Lipinski definition) is 3. The summed E-state index contributed by atoms with van der Waals surface area (Å²) in [6.07, 6.45) is 0. The van der Waals surface area contributed by atoms with Crippen LogP contribution >= 0.6 is 23.2 Å². The van der Waals surface area contributed by atoms with E-state index in [1.54, 1.807) is 23.0 Å². The smallest absolute Gasteiger partial charge is 0.161 e. The normalized spacial score (nSPS) is 11.1. The molecule has 0 N–H and O–H groups in total. The van der Waals surface area contributed by atoms with Gasteiger partial charge in [0.25, 0.3) is 0 Å². The molecule has 0 spiro atoms. The summed E-state index contributed by atoms with van der Waals surface area (Å²) in [7, 11) is 0. The van der Waals surface area contributed by atoms with E-state index in [0.29, 0.717) is 15.9 Å². The van der Waals surface area contributed by atoms with Crippen molar-refractivity contribution in [1.82, 2.24) is 20.2 Å². The first-order valence-electron chi connectivity index (χ1n) is 4.82. The number of benzene rings is 1. The molecule has 1 aromatic heterocycles. The predicted octanol–water partition coefficient (Wildman–Crippen LogP) is 3.23. The highest BCUT2D eigenvalue weighted by atomic mass is 35.5. The number of nitrogens with zero attached hydrogens (tertiary/aromatic N) is 4. The molecule has 0 radical (unpaired) electrons. The van der Waals surface area contributed by atoms with Crippen molar-refractivity contribution in [3.05, 3.63) is 28.2 Å². The van der Waals surface area contributed by atoms with Crippen LogP contribution in [0.3, 0.4) is 0 Å². The summed E-state index contributed by atoms with van der Waals surface area (Å²) in [4.78, 5) is 1.55. The molecule has 1 aromatic carbocycles. The van der Waals surface area contributed by atoms with Crippen molar-refractivity contribution in [2.24, 2.45) is 0 Å². The van der Waals surface area contributed by atoms with Crippen LogP contribution in [0, 0.1) is 0 Å². The average Bonchev–Trinajstić information content (AvgIpc) is 2.64. The van der Waals surface area contributed by atoms with Gasteiger partial charge >= 0.3 is 0 Å². The minimum Gasteiger partial charge on any atom is -0.161 e. The van der Waals surface area contributed by atoms with E-state index in [9.17, 15) is 0 Å². The van der Waals surface area contributed by atoms with E-state index in [1.807, 2.05) is 13.8 Å². The molecule has 0 fully saturated rings. The Labute approximate surface area is 103 Å². The predicted molar refractivity (Wildman–Crippen MR) is 63.7 cm³/mol. The van der Waals surface area contributed by atoms with Crippen LogP contribution < -0.4 is 0 Å². The Morgan fingerprint density at radius 1 is 1.12 bits per heavy atom. The quantitative estimate of drug-likeness (QED) is 0.829. The van der Waals surface area contributed by atoms with Gasteiger partial charge in [0, 0.05) is 15.6 Å². The summed E-state index contributed by atoms with van der Waals surface area (Å²) in [5, 5.41) is 13.3. The third-order valence-electron chi connectivity index (χ3n) is 2.01. The second-order valence-electron chi connectivity index (χ2n) is 3.69. The number of hydrogen-bond donors (Lipinski definition) is 0. The van der Waals surface area contributed by atoms with Crippen LogP contribution in [0.4, 0.5) is 0 Å². The molecule has 0 amide bonds. The van der Waals surface area contributed by atoms with Gasteiger partial charge in [0.05, 0.1) is 6.04 Å². The summed E-state index contributed by atoms with van der Waals surface area (Å²) < 4.78 is 0. The Morgan fingerprint density at radius 2 is 1.75 bits per heavy atom. The molecule has 2 aromatic rings. The summed E-state index contributed by atoms with van der Waals surface area (Å²) in [6, 6.07) is 5.36. The van der Waals surface area contributed by atoms with Crippen molar-refractivity contribution < 1.29 is 0 Å². The van der Waals surface area contributed by atoms with Crippen molar-refractivity contribution in [2.45, 2.75) is 19.9 Å². The topological polar surface area (TPSA) is 43.6 Å². The zero-order valence-electron chi connectivity index (χ0n) is 8.85. The summed E-state index contributed by atoms with van der Waals surface area (Å²) in [5.41, 5.74) is 0.768. The highest BCUT2D eigenvalue weighted by molar-refractivity contribution is 6.35. The van der Waals surface area contributed by atoms with Gasteiger partial charge in [0.2, 0.25) is 5.82 Å². The summed E-state index contributed by atoms with van der Waals surface area (Å²) >= 11 is 11.8. The molecule has 0 aliphatic heterocycles. The van der Waals surface area contributed by atoms with Gasteiger partial charge in [-0.05, 0) is 37.3 Å². The minimum absolute atomic E-state index is 0.177. The molecule has 1 heterocycles. The molecule has 16 heavy (non-hydrogen) atoms. The minimum atomic E-state index is 0.177. The van der Waals surface area contributed by atoms with Crippen LogP contribution in [0.2, 0.25) is 10.0 Å². The maximum atomic E-state index is 5.90. The van der Waals surface area contributed by atoms with Gasteiger partial charge in [0.15, 0.2) is 0 Å². The third-order valence-corrected chi connectivity index (χ3v) is 2.45. The standard InChI is InChI=1S/C10H10Cl2N4/c1-6(2)16-14-10(13-15-16)7-3-8(11)5-9(12)4-7/h3-6H,1-2H3. The Hall–Kier alpha value is -1.13. The van der Waals surface area contributed by atoms with E-state index < -0.39 is 0 Å². The molecular formula is C10H10Cl2N4. The molecule has 0 atom stereocenters. The van der Waals surface area contributed by atoms with Gasteiger partial charge in [0.1, 0.15) is 0 Å². The van der Waals surface area contributed by atoms with Crippen molar-refractivity contribution in [2.75, 3.05) is 0 Å². The van der Waals surface area contributed by atoms with Gasteiger partial charge in [-0.25, -0.2) is 0 Å². The maximum Gasteiger partial charge on any atom is 0.205 e. The van der Waals surface area contributed by atoms with E-state index in [2.05, 4.69) is 15.4 Å². The summed E-state index contributed by atoms with van der Waals surface area (Å²) in [6.45, 7) is 3.97. The molecule has 6 heteroatoms. The number of tetrazole rings is 1. The fourth-order valence-electron chi connectivity index (χ4n) is 1.24. The van der Waals surface area contributed by atoms with Gasteiger partial charge in [-0.15, -0.1) is 10.2 Å². The SMILES string of the molecule is CC(C)n1nnc(-c2cc(Cl)cc(Cl)c2)n1. The van der Waals surface area contributed by atoms with Crippen LogP contribution in [-0.2, 0) is 0 Å². The van der Waals surface area contributed by atoms with Crippen molar-refractivity contribution in [3.63, 3.8) is 0 Å². The maximum absolute atomic E-state index is 5.90. The number of rotatable bonds is 2. The van der Waals surface area contributed by atoms with Gasteiger partial charge in [-0.2, -0.15) is 4.80 Å². The number of aromatic nitrogens is 4.